The molecule has 1 heterocycles. The van der Waals surface area contributed by atoms with Gasteiger partial charge in [0.05, 0.1) is 30.3 Å². The third kappa shape index (κ3) is 14.8. The third-order valence-corrected chi connectivity index (χ3v) is 11.3. The van der Waals surface area contributed by atoms with Crippen molar-refractivity contribution in [2.24, 2.45) is 0 Å². The van der Waals surface area contributed by atoms with Crippen molar-refractivity contribution < 1.29 is 57.1 Å². The normalized spacial score (nSPS) is 14.2. The van der Waals surface area contributed by atoms with Crippen LogP contribution in [-0.2, 0) is 32.2 Å². The van der Waals surface area contributed by atoms with Crippen LogP contribution in [0.25, 0.3) is 0 Å². The van der Waals surface area contributed by atoms with Crippen molar-refractivity contribution in [1.82, 2.24) is 4.90 Å². The van der Waals surface area contributed by atoms with E-state index in [9.17, 15) is 19.2 Å². The smallest absolute Gasteiger partial charge is 0.410 e. The first-order chi connectivity index (χ1) is 33.3. The van der Waals surface area contributed by atoms with Crippen molar-refractivity contribution in [3.05, 3.63) is 149 Å². The van der Waals surface area contributed by atoms with E-state index in [2.05, 4.69) is 12.2 Å². The SMILES string of the molecule is CCCCCCCCCCOc1cc(C(=O)O[C@H]2CN(C(=O)OCc3ccccc3)C[C@@H]2Nc2ccc(OCc3ccccc3)cc2)cc(OCOC)c1C(=O)c1c(C=O)cccc1OCOC. The molecule has 14 heteroatoms. The molecule has 14 nitrogen and oxygen atoms in total. The number of ketones is 1. The number of nitrogens with one attached hydrogen (secondary N) is 1. The quantitative estimate of drug-likeness (QED) is 0.0166. The molecular formula is C54H62N2O12. The van der Waals surface area contributed by atoms with Gasteiger partial charge in [-0.1, -0.05) is 125 Å². The second-order valence-electron chi connectivity index (χ2n) is 16.4. The van der Waals surface area contributed by atoms with Crippen LogP contribution in [0.2, 0.25) is 0 Å². The number of likely N-dealkylation sites (tertiary alicyclic amines) is 1. The lowest BCUT2D eigenvalue weighted by molar-refractivity contribution is 0.0291. The van der Waals surface area contributed by atoms with E-state index in [4.69, 9.17) is 37.9 Å². The van der Waals surface area contributed by atoms with Gasteiger partial charge in [0.15, 0.2) is 19.9 Å². The van der Waals surface area contributed by atoms with Crippen LogP contribution in [0.15, 0.2) is 115 Å². The van der Waals surface area contributed by atoms with Crippen molar-refractivity contribution in [3.63, 3.8) is 0 Å². The van der Waals surface area contributed by atoms with Crippen LogP contribution >= 0.6 is 0 Å². The van der Waals surface area contributed by atoms with Crippen molar-refractivity contribution in [3.8, 4) is 23.0 Å². The maximum Gasteiger partial charge on any atom is 0.410 e. The summed E-state index contributed by atoms with van der Waals surface area (Å²) in [6, 6.07) is 33.5. The summed E-state index contributed by atoms with van der Waals surface area (Å²) in [4.78, 5) is 56.6. The van der Waals surface area contributed by atoms with Gasteiger partial charge in [0.2, 0.25) is 5.78 Å². The number of rotatable bonds is 28. The Morgan fingerprint density at radius 1 is 0.647 bits per heavy atom. The zero-order chi connectivity index (χ0) is 47.9. The Morgan fingerprint density at radius 2 is 1.26 bits per heavy atom. The van der Waals surface area contributed by atoms with Crippen LogP contribution in [0.5, 0.6) is 23.0 Å². The van der Waals surface area contributed by atoms with E-state index in [1.807, 2.05) is 84.9 Å². The first kappa shape index (κ1) is 50.5. The summed E-state index contributed by atoms with van der Waals surface area (Å²) in [6.45, 7) is 2.60. The highest BCUT2D eigenvalue weighted by molar-refractivity contribution is 6.17. The molecule has 1 aliphatic heterocycles. The Bertz CT molecular complexity index is 2360. The maximum atomic E-state index is 14.8. The van der Waals surface area contributed by atoms with Crippen molar-refractivity contribution >= 4 is 29.8 Å². The van der Waals surface area contributed by atoms with Crippen molar-refractivity contribution in [2.45, 2.75) is 83.6 Å². The molecule has 0 saturated carbocycles. The van der Waals surface area contributed by atoms with Crippen molar-refractivity contribution in [2.75, 3.05) is 52.8 Å². The van der Waals surface area contributed by atoms with Gasteiger partial charge in [-0.25, -0.2) is 9.59 Å². The summed E-state index contributed by atoms with van der Waals surface area (Å²) in [6.07, 6.45) is 7.63. The van der Waals surface area contributed by atoms with Gasteiger partial charge in [0.1, 0.15) is 47.9 Å². The molecule has 0 aliphatic carbocycles. The molecule has 0 unspecified atom stereocenters. The van der Waals surface area contributed by atoms with E-state index in [1.54, 1.807) is 12.1 Å². The lowest BCUT2D eigenvalue weighted by Crippen LogP contribution is -2.36. The van der Waals surface area contributed by atoms with E-state index in [0.29, 0.717) is 30.8 Å². The molecule has 6 rings (SSSR count). The van der Waals surface area contributed by atoms with Gasteiger partial charge in [0.25, 0.3) is 0 Å². The fraction of sp³-hybridized carbons (Fsp3) is 0.370. The van der Waals surface area contributed by atoms with Gasteiger partial charge in [-0.15, -0.1) is 0 Å². The number of aldehydes is 1. The molecule has 0 radical (unpaired) electrons. The highest BCUT2D eigenvalue weighted by atomic mass is 16.7. The number of amides is 1. The minimum absolute atomic E-state index is 0.0156. The van der Waals surface area contributed by atoms with E-state index in [1.165, 1.54) is 63.0 Å². The van der Waals surface area contributed by atoms with Gasteiger partial charge < -0.3 is 48.1 Å². The Kier molecular flexibility index (Phi) is 20.1. The highest BCUT2D eigenvalue weighted by Crippen LogP contribution is 2.37. The standard InChI is InChI=1S/C54H62N2O12/c1-4-5-6-7-8-9-10-17-29-63-47-30-42(31-48(67-38-62-3)51(47)52(58)50-41(34-57)23-18-24-46(50)66-37-61-2)53(59)68-49-33-56(54(60)65-36-40-21-15-12-16-22-40)32-45(49)55-43-25-27-44(28-26-43)64-35-39-19-13-11-14-20-39/h11-16,18-28,30-31,34,45,49,55H,4-10,17,29,32-33,35-38H2,1-3H3/t45-,49-/m0/s1. The van der Waals surface area contributed by atoms with Gasteiger partial charge in [-0.05, 0) is 60.0 Å². The second-order valence-corrected chi connectivity index (χ2v) is 16.4. The maximum absolute atomic E-state index is 14.8. The Morgan fingerprint density at radius 3 is 1.91 bits per heavy atom. The number of ether oxygens (including phenoxy) is 8. The Labute approximate surface area is 398 Å². The highest BCUT2D eigenvalue weighted by Gasteiger charge is 2.39. The molecule has 5 aromatic carbocycles. The largest absolute Gasteiger partial charge is 0.493 e. The molecule has 2 atom stereocenters. The second kappa shape index (κ2) is 27.0. The first-order valence-corrected chi connectivity index (χ1v) is 23.2. The zero-order valence-electron chi connectivity index (χ0n) is 39.2. The molecule has 0 bridgehead atoms. The average molecular weight is 931 g/mol. The molecule has 0 aromatic heterocycles. The number of hydrogen-bond donors (Lipinski definition) is 1. The van der Waals surface area contributed by atoms with Crippen LogP contribution in [0.1, 0.15) is 106 Å². The minimum atomic E-state index is -0.855. The number of hydrogen-bond acceptors (Lipinski definition) is 13. The fourth-order valence-electron chi connectivity index (χ4n) is 7.76. The molecule has 1 saturated heterocycles. The molecule has 1 fully saturated rings. The van der Waals surface area contributed by atoms with E-state index >= 15 is 0 Å². The van der Waals surface area contributed by atoms with Crippen LogP contribution < -0.4 is 24.3 Å². The van der Waals surface area contributed by atoms with E-state index < -0.39 is 30.0 Å². The monoisotopic (exact) mass is 930 g/mol. The number of benzene rings is 5. The number of carbonyl (C=O) groups is 4. The number of methoxy groups -OCH3 is 2. The van der Waals surface area contributed by atoms with E-state index in [0.717, 1.165) is 30.4 Å². The molecule has 1 aliphatic rings. The number of nitrogens with zero attached hydrogens (tertiary/aromatic N) is 1. The lowest BCUT2D eigenvalue weighted by atomic mass is 9.95. The average Bonchev–Trinajstić information content (AvgIpc) is 3.77. The number of unbranched alkanes of at least 4 members (excludes halogenated alkanes) is 7. The summed E-state index contributed by atoms with van der Waals surface area (Å²) in [5, 5.41) is 3.45. The van der Waals surface area contributed by atoms with Gasteiger partial charge >= 0.3 is 12.1 Å². The molecular weight excluding hydrogens is 869 g/mol. The number of anilines is 1. The Hall–Kier alpha value is -6.90. The zero-order valence-corrected chi connectivity index (χ0v) is 39.2. The van der Waals surface area contributed by atoms with Crippen molar-refractivity contribution in [1.29, 1.82) is 0 Å². The Balaban J connectivity index is 1.27. The first-order valence-electron chi connectivity index (χ1n) is 23.2. The van der Waals surface area contributed by atoms with Crippen LogP contribution in [0.3, 0.4) is 0 Å². The topological polar surface area (TPSA) is 157 Å². The summed E-state index contributed by atoms with van der Waals surface area (Å²) < 4.78 is 46.4. The molecule has 360 valence electrons. The summed E-state index contributed by atoms with van der Waals surface area (Å²) >= 11 is 0. The minimum Gasteiger partial charge on any atom is -0.493 e. The predicted molar refractivity (Wildman–Crippen MR) is 257 cm³/mol. The summed E-state index contributed by atoms with van der Waals surface area (Å²) in [7, 11) is 2.86. The number of esters is 1. The van der Waals surface area contributed by atoms with Crippen LogP contribution in [0, 0.1) is 0 Å². The molecule has 1 N–H and O–H groups in total. The van der Waals surface area contributed by atoms with E-state index in [-0.39, 0.29) is 79.4 Å². The summed E-state index contributed by atoms with van der Waals surface area (Å²) in [5.41, 5.74) is 2.58. The van der Waals surface area contributed by atoms with Gasteiger partial charge in [-0.2, -0.15) is 0 Å². The molecule has 0 spiro atoms. The molecule has 5 aromatic rings. The molecule has 1 amide bonds. The van der Waals surface area contributed by atoms with Crippen LogP contribution in [0.4, 0.5) is 10.5 Å². The third-order valence-electron chi connectivity index (χ3n) is 11.3. The van der Waals surface area contributed by atoms with Gasteiger partial charge in [-0.3, -0.25) is 9.59 Å². The predicted octanol–water partition coefficient (Wildman–Crippen LogP) is 10.5. The molecule has 68 heavy (non-hydrogen) atoms. The lowest BCUT2D eigenvalue weighted by Gasteiger charge is -2.22. The summed E-state index contributed by atoms with van der Waals surface area (Å²) in [5.74, 6) is -0.630. The number of carbonyl (C=O) groups excluding carboxylic acids is 4. The van der Waals surface area contributed by atoms with Crippen LogP contribution in [-0.4, -0.2) is 88.7 Å². The fourth-order valence-corrected chi connectivity index (χ4v) is 7.76. The van der Waals surface area contributed by atoms with Gasteiger partial charge in [0, 0.05) is 32.0 Å².